The molecule has 0 unspecified atom stereocenters. The number of carbonyl (C=O) groups excluding carboxylic acids is 2. The number of nitrogens with zero attached hydrogens (tertiary/aromatic N) is 2. The predicted molar refractivity (Wildman–Crippen MR) is 90.6 cm³/mol. The lowest BCUT2D eigenvalue weighted by Gasteiger charge is -2.16. The van der Waals surface area contributed by atoms with Gasteiger partial charge < -0.3 is 16.0 Å². The number of rotatable bonds is 5. The Balaban J connectivity index is 1.49. The summed E-state index contributed by atoms with van der Waals surface area (Å²) < 4.78 is 1.74. The van der Waals surface area contributed by atoms with E-state index in [4.69, 9.17) is 0 Å². The van der Waals surface area contributed by atoms with Crippen LogP contribution in [0.2, 0.25) is 0 Å². The van der Waals surface area contributed by atoms with Gasteiger partial charge in [-0.3, -0.25) is 9.48 Å². The van der Waals surface area contributed by atoms with Crippen molar-refractivity contribution in [3.63, 3.8) is 0 Å². The second kappa shape index (κ2) is 6.74. The van der Waals surface area contributed by atoms with Crippen LogP contribution in [-0.4, -0.2) is 28.3 Å². The molecule has 0 bridgehead atoms. The first-order valence-corrected chi connectivity index (χ1v) is 7.96. The fraction of sp³-hybridized carbons (Fsp3) is 0.353. The van der Waals surface area contributed by atoms with Gasteiger partial charge in [-0.2, -0.15) is 5.10 Å². The first kappa shape index (κ1) is 16.0. The number of amides is 3. The van der Waals surface area contributed by atoms with Crippen LogP contribution in [0, 0.1) is 0 Å². The molecule has 7 heteroatoms. The molecule has 0 aliphatic carbocycles. The van der Waals surface area contributed by atoms with Gasteiger partial charge in [-0.1, -0.05) is 12.1 Å². The second-order valence-electron chi connectivity index (χ2n) is 6.04. The van der Waals surface area contributed by atoms with Gasteiger partial charge in [0.1, 0.15) is 0 Å². The van der Waals surface area contributed by atoms with Crippen molar-refractivity contribution < 1.29 is 9.59 Å². The molecule has 0 saturated heterocycles. The number of carbonyl (C=O) groups is 2. The Bertz CT molecular complexity index is 768. The summed E-state index contributed by atoms with van der Waals surface area (Å²) in [5.41, 5.74) is 3.90. The van der Waals surface area contributed by atoms with Gasteiger partial charge in [-0.25, -0.2) is 4.79 Å². The highest BCUT2D eigenvalue weighted by Gasteiger charge is 2.19. The third kappa shape index (κ3) is 3.73. The van der Waals surface area contributed by atoms with Crippen LogP contribution in [0.5, 0.6) is 0 Å². The first-order chi connectivity index (χ1) is 11.5. The summed E-state index contributed by atoms with van der Waals surface area (Å²) in [6.07, 6.45) is 4.86. The highest BCUT2D eigenvalue weighted by Crippen LogP contribution is 2.26. The molecule has 0 saturated carbocycles. The average Bonchev–Trinajstić information content (AvgIpc) is 3.10. The van der Waals surface area contributed by atoms with E-state index in [1.807, 2.05) is 38.4 Å². The van der Waals surface area contributed by atoms with E-state index in [9.17, 15) is 9.59 Å². The van der Waals surface area contributed by atoms with Gasteiger partial charge in [-0.05, 0) is 36.1 Å². The number of aryl methyl sites for hydroxylation is 1. The number of fused-ring (bicyclic) bond motifs is 1. The topological polar surface area (TPSA) is 88.1 Å². The standard InChI is InChI=1S/C17H21N5O2/c1-11(13-3-4-15-14(7-13)8-16(23)21-15)20-17(24)18-6-5-12-9-19-22(2)10-12/h3-4,7,9-11H,5-6,8H2,1-2H3,(H,21,23)(H2,18,20,24)/t11-/m0/s1. The van der Waals surface area contributed by atoms with E-state index < -0.39 is 0 Å². The number of benzene rings is 1. The molecule has 0 radical (unpaired) electrons. The molecule has 1 aromatic heterocycles. The Morgan fingerprint density at radius 2 is 2.29 bits per heavy atom. The zero-order valence-electron chi connectivity index (χ0n) is 13.8. The zero-order valence-corrected chi connectivity index (χ0v) is 13.8. The minimum Gasteiger partial charge on any atom is -0.338 e. The molecule has 2 heterocycles. The van der Waals surface area contributed by atoms with Crippen LogP contribution in [0.25, 0.3) is 0 Å². The predicted octanol–water partition coefficient (Wildman–Crippen LogP) is 1.52. The van der Waals surface area contributed by atoms with Gasteiger partial charge in [0.25, 0.3) is 0 Å². The van der Waals surface area contributed by atoms with Crippen molar-refractivity contribution in [1.82, 2.24) is 20.4 Å². The minimum atomic E-state index is -0.207. The van der Waals surface area contributed by atoms with Crippen molar-refractivity contribution in [3.05, 3.63) is 47.3 Å². The quantitative estimate of drug-likeness (QED) is 0.778. The summed E-state index contributed by atoms with van der Waals surface area (Å²) in [5.74, 6) is 0.0101. The van der Waals surface area contributed by atoms with Crippen molar-refractivity contribution in [2.24, 2.45) is 7.05 Å². The van der Waals surface area contributed by atoms with Crippen LogP contribution in [0.15, 0.2) is 30.6 Å². The van der Waals surface area contributed by atoms with E-state index >= 15 is 0 Å². The van der Waals surface area contributed by atoms with Crippen LogP contribution in [-0.2, 0) is 24.7 Å². The Kier molecular flexibility index (Phi) is 4.50. The summed E-state index contributed by atoms with van der Waals surface area (Å²) in [6, 6.07) is 5.43. The lowest BCUT2D eigenvalue weighted by Crippen LogP contribution is -2.38. The summed E-state index contributed by atoms with van der Waals surface area (Å²) in [6.45, 7) is 2.47. The highest BCUT2D eigenvalue weighted by molar-refractivity contribution is 5.99. The molecule has 1 aliphatic heterocycles. The maximum Gasteiger partial charge on any atom is 0.315 e. The Labute approximate surface area is 140 Å². The van der Waals surface area contributed by atoms with E-state index in [0.717, 1.165) is 28.8 Å². The zero-order chi connectivity index (χ0) is 17.1. The largest absolute Gasteiger partial charge is 0.338 e. The minimum absolute atomic E-state index is 0.0101. The number of hydrogen-bond donors (Lipinski definition) is 3. The van der Waals surface area contributed by atoms with E-state index in [2.05, 4.69) is 21.0 Å². The summed E-state index contributed by atoms with van der Waals surface area (Å²) in [4.78, 5) is 23.4. The fourth-order valence-corrected chi connectivity index (χ4v) is 2.77. The average molecular weight is 327 g/mol. The summed E-state index contributed by atoms with van der Waals surface area (Å²) in [5, 5.41) is 12.7. The van der Waals surface area contributed by atoms with Crippen LogP contribution < -0.4 is 16.0 Å². The van der Waals surface area contributed by atoms with E-state index in [-0.39, 0.29) is 18.0 Å². The van der Waals surface area contributed by atoms with E-state index in [0.29, 0.717) is 13.0 Å². The molecule has 3 rings (SSSR count). The number of anilines is 1. The smallest absolute Gasteiger partial charge is 0.315 e. The Morgan fingerprint density at radius 1 is 1.46 bits per heavy atom. The molecule has 0 spiro atoms. The number of urea groups is 1. The van der Waals surface area contributed by atoms with Gasteiger partial charge >= 0.3 is 6.03 Å². The van der Waals surface area contributed by atoms with Crippen molar-refractivity contribution in [1.29, 1.82) is 0 Å². The molecule has 3 amide bonds. The molecule has 1 aromatic carbocycles. The molecule has 3 N–H and O–H groups in total. The van der Waals surface area contributed by atoms with Crippen molar-refractivity contribution in [3.8, 4) is 0 Å². The third-order valence-corrected chi connectivity index (χ3v) is 4.06. The highest BCUT2D eigenvalue weighted by atomic mass is 16.2. The van der Waals surface area contributed by atoms with E-state index in [1.165, 1.54) is 0 Å². The molecular formula is C17H21N5O2. The Morgan fingerprint density at radius 3 is 3.04 bits per heavy atom. The molecular weight excluding hydrogens is 306 g/mol. The van der Waals surface area contributed by atoms with Gasteiger partial charge in [-0.15, -0.1) is 0 Å². The van der Waals surface area contributed by atoms with Crippen LogP contribution in [0.3, 0.4) is 0 Å². The van der Waals surface area contributed by atoms with Crippen LogP contribution in [0.4, 0.5) is 10.5 Å². The lowest BCUT2D eigenvalue weighted by molar-refractivity contribution is -0.115. The van der Waals surface area contributed by atoms with Crippen LogP contribution >= 0.6 is 0 Å². The SMILES string of the molecule is C[C@H](NC(=O)NCCc1cnn(C)c1)c1ccc2c(c1)CC(=O)N2. The maximum absolute atomic E-state index is 12.0. The van der Waals surface area contributed by atoms with Gasteiger partial charge in [0.15, 0.2) is 0 Å². The number of hydrogen-bond acceptors (Lipinski definition) is 3. The fourth-order valence-electron chi connectivity index (χ4n) is 2.77. The van der Waals surface area contributed by atoms with E-state index in [1.54, 1.807) is 10.9 Å². The Hall–Kier alpha value is -2.83. The second-order valence-corrected chi connectivity index (χ2v) is 6.04. The van der Waals surface area contributed by atoms with Gasteiger partial charge in [0, 0.05) is 25.5 Å². The third-order valence-electron chi connectivity index (χ3n) is 4.06. The molecule has 1 atom stereocenters. The molecule has 0 fully saturated rings. The van der Waals surface area contributed by atoms with Crippen molar-refractivity contribution in [2.75, 3.05) is 11.9 Å². The van der Waals surface area contributed by atoms with Crippen molar-refractivity contribution in [2.45, 2.75) is 25.8 Å². The molecule has 126 valence electrons. The summed E-state index contributed by atoms with van der Waals surface area (Å²) >= 11 is 0. The van der Waals surface area contributed by atoms with Gasteiger partial charge in [0.05, 0.1) is 18.7 Å². The number of nitrogens with one attached hydrogen (secondary N) is 3. The molecule has 2 aromatic rings. The van der Waals surface area contributed by atoms with Crippen molar-refractivity contribution >= 4 is 17.6 Å². The monoisotopic (exact) mass is 327 g/mol. The van der Waals surface area contributed by atoms with Crippen LogP contribution in [0.1, 0.15) is 29.7 Å². The molecule has 7 nitrogen and oxygen atoms in total. The lowest BCUT2D eigenvalue weighted by atomic mass is 10.0. The molecule has 24 heavy (non-hydrogen) atoms. The normalized spacial score (nSPS) is 14.0. The summed E-state index contributed by atoms with van der Waals surface area (Å²) in [7, 11) is 1.87. The number of aromatic nitrogens is 2. The van der Waals surface area contributed by atoms with Gasteiger partial charge in [0.2, 0.25) is 5.91 Å². The molecule has 1 aliphatic rings. The maximum atomic E-state index is 12.0. The first-order valence-electron chi connectivity index (χ1n) is 7.96.